The number of carbonyl (C=O) groups excluding carboxylic acids is 3. The van der Waals surface area contributed by atoms with Gasteiger partial charge in [0.25, 0.3) is 5.91 Å². The second-order valence-corrected chi connectivity index (χ2v) is 8.29. The molecule has 168 valence electrons. The molecular weight excluding hydrogens is 398 g/mol. The first-order valence-corrected chi connectivity index (χ1v) is 10.8. The molecule has 0 aromatic carbocycles. The molecule has 0 aliphatic carbocycles. The van der Waals surface area contributed by atoms with E-state index in [1.807, 2.05) is 12.1 Å². The minimum atomic E-state index is -0.437. The average Bonchev–Trinajstić information content (AvgIpc) is 3.34. The first kappa shape index (κ1) is 22.7. The van der Waals surface area contributed by atoms with Gasteiger partial charge in [0.1, 0.15) is 11.5 Å². The van der Waals surface area contributed by atoms with E-state index in [4.69, 9.17) is 9.15 Å². The number of amides is 2. The minimum Gasteiger partial charge on any atom is -0.469 e. The fourth-order valence-corrected chi connectivity index (χ4v) is 3.98. The highest BCUT2D eigenvalue weighted by Gasteiger charge is 2.31. The Morgan fingerprint density at radius 3 is 2.77 bits per heavy atom. The van der Waals surface area contributed by atoms with Crippen molar-refractivity contribution in [3.05, 3.63) is 46.7 Å². The van der Waals surface area contributed by atoms with Crippen LogP contribution >= 0.6 is 0 Å². The number of aryl methyl sites for hydroxylation is 1. The number of furan rings is 1. The maximum atomic E-state index is 13.2. The van der Waals surface area contributed by atoms with Crippen molar-refractivity contribution in [2.45, 2.75) is 53.1 Å². The number of H-pyrrole nitrogens is 1. The first-order chi connectivity index (χ1) is 14.8. The molecule has 31 heavy (non-hydrogen) atoms. The van der Waals surface area contributed by atoms with Crippen LogP contribution < -0.4 is 5.32 Å². The van der Waals surface area contributed by atoms with Crippen molar-refractivity contribution in [2.75, 3.05) is 19.6 Å². The molecule has 1 aliphatic rings. The van der Waals surface area contributed by atoms with Crippen LogP contribution in [0.3, 0.4) is 0 Å². The lowest BCUT2D eigenvalue weighted by atomic mass is 9.96. The fraction of sp³-hybridized carbons (Fsp3) is 0.522. The second-order valence-electron chi connectivity index (χ2n) is 8.29. The molecule has 2 aromatic heterocycles. The molecule has 0 radical (unpaired) electrons. The predicted octanol–water partition coefficient (Wildman–Crippen LogP) is 3.00. The van der Waals surface area contributed by atoms with Gasteiger partial charge in [0, 0.05) is 31.7 Å². The molecule has 1 saturated heterocycles. The summed E-state index contributed by atoms with van der Waals surface area (Å²) in [6, 6.07) is 3.69. The molecule has 1 fully saturated rings. The van der Waals surface area contributed by atoms with E-state index in [1.54, 1.807) is 38.9 Å². The number of nitrogens with one attached hydrogen (secondary N) is 2. The number of likely N-dealkylation sites (tertiary alicyclic amines) is 1. The summed E-state index contributed by atoms with van der Waals surface area (Å²) in [5.74, 6) is -0.115. The SMILES string of the molecule is Cc1[nH]c(C(=O)N2CCCC(C(=O)NCCc3ccco3)C2)c(C)c1C(=O)OC(C)C. The van der Waals surface area contributed by atoms with Gasteiger partial charge in [-0.05, 0) is 58.2 Å². The maximum absolute atomic E-state index is 13.2. The van der Waals surface area contributed by atoms with Crippen molar-refractivity contribution < 1.29 is 23.5 Å². The molecule has 0 saturated carbocycles. The van der Waals surface area contributed by atoms with Gasteiger partial charge in [-0.25, -0.2) is 4.79 Å². The number of aromatic nitrogens is 1. The Morgan fingerprint density at radius 2 is 2.10 bits per heavy atom. The lowest BCUT2D eigenvalue weighted by Gasteiger charge is -2.32. The molecule has 2 amide bonds. The third kappa shape index (κ3) is 5.37. The Balaban J connectivity index is 1.62. The Kier molecular flexibility index (Phi) is 7.20. The summed E-state index contributed by atoms with van der Waals surface area (Å²) in [5, 5.41) is 2.94. The van der Waals surface area contributed by atoms with Crippen LogP contribution in [0.1, 0.15) is 64.6 Å². The molecule has 2 aromatic rings. The lowest BCUT2D eigenvalue weighted by molar-refractivity contribution is -0.126. The Morgan fingerprint density at radius 1 is 1.32 bits per heavy atom. The van der Waals surface area contributed by atoms with Crippen molar-refractivity contribution in [2.24, 2.45) is 5.92 Å². The predicted molar refractivity (Wildman–Crippen MR) is 115 cm³/mol. The zero-order valence-corrected chi connectivity index (χ0v) is 18.6. The van der Waals surface area contributed by atoms with Crippen molar-refractivity contribution in [3.8, 4) is 0 Å². The molecule has 1 unspecified atom stereocenters. The lowest BCUT2D eigenvalue weighted by Crippen LogP contribution is -2.46. The van der Waals surface area contributed by atoms with Gasteiger partial charge in [0.05, 0.1) is 23.8 Å². The average molecular weight is 430 g/mol. The van der Waals surface area contributed by atoms with Crippen LogP contribution in [0.5, 0.6) is 0 Å². The quantitative estimate of drug-likeness (QED) is 0.659. The molecule has 1 aliphatic heterocycles. The number of aromatic amines is 1. The number of esters is 1. The highest BCUT2D eigenvalue weighted by atomic mass is 16.5. The van der Waals surface area contributed by atoms with Gasteiger partial charge in [-0.2, -0.15) is 0 Å². The Labute approximate surface area is 182 Å². The summed E-state index contributed by atoms with van der Waals surface area (Å²) < 4.78 is 10.6. The smallest absolute Gasteiger partial charge is 0.340 e. The standard InChI is InChI=1S/C23H31N3O5/c1-14(2)31-23(29)19-15(3)20(25-16(19)4)22(28)26-11-5-7-17(13-26)21(27)24-10-9-18-8-6-12-30-18/h6,8,12,14,17,25H,5,7,9-11,13H2,1-4H3,(H,24,27). The number of carbonyl (C=O) groups is 3. The van der Waals surface area contributed by atoms with Gasteiger partial charge in [-0.15, -0.1) is 0 Å². The summed E-state index contributed by atoms with van der Waals surface area (Å²) in [5.41, 5.74) is 1.97. The number of ether oxygens (including phenoxy) is 1. The Hall–Kier alpha value is -3.03. The van der Waals surface area contributed by atoms with Crippen LogP contribution in [0.2, 0.25) is 0 Å². The van der Waals surface area contributed by atoms with Crippen LogP contribution in [0.4, 0.5) is 0 Å². The van der Waals surface area contributed by atoms with Crippen LogP contribution in [0, 0.1) is 19.8 Å². The summed E-state index contributed by atoms with van der Waals surface area (Å²) >= 11 is 0. The van der Waals surface area contributed by atoms with Crippen molar-refractivity contribution in [1.29, 1.82) is 0 Å². The largest absolute Gasteiger partial charge is 0.469 e. The summed E-state index contributed by atoms with van der Waals surface area (Å²) in [4.78, 5) is 42.9. The van der Waals surface area contributed by atoms with E-state index in [0.717, 1.165) is 18.6 Å². The fourth-order valence-electron chi connectivity index (χ4n) is 3.98. The van der Waals surface area contributed by atoms with E-state index >= 15 is 0 Å². The first-order valence-electron chi connectivity index (χ1n) is 10.8. The highest BCUT2D eigenvalue weighted by molar-refractivity contribution is 6.00. The molecule has 2 N–H and O–H groups in total. The monoisotopic (exact) mass is 429 g/mol. The van der Waals surface area contributed by atoms with Crippen molar-refractivity contribution >= 4 is 17.8 Å². The molecule has 1 atom stereocenters. The Bertz CT molecular complexity index is 929. The number of hydrogen-bond acceptors (Lipinski definition) is 5. The zero-order valence-electron chi connectivity index (χ0n) is 18.6. The van der Waals surface area contributed by atoms with Gasteiger partial charge >= 0.3 is 5.97 Å². The van der Waals surface area contributed by atoms with Gasteiger partial charge in [-0.3, -0.25) is 9.59 Å². The summed E-state index contributed by atoms with van der Waals surface area (Å²) in [7, 11) is 0. The number of piperidine rings is 1. The molecule has 0 spiro atoms. The molecule has 3 rings (SSSR count). The van der Waals surface area contributed by atoms with E-state index in [2.05, 4.69) is 10.3 Å². The third-order valence-electron chi connectivity index (χ3n) is 5.53. The zero-order chi connectivity index (χ0) is 22.5. The summed E-state index contributed by atoms with van der Waals surface area (Å²) in [6.07, 6.45) is 3.49. The van der Waals surface area contributed by atoms with E-state index < -0.39 is 5.97 Å². The topological polar surface area (TPSA) is 105 Å². The molecule has 0 bridgehead atoms. The van der Waals surface area contributed by atoms with Gasteiger partial charge < -0.3 is 24.4 Å². The number of nitrogens with zero attached hydrogens (tertiary/aromatic N) is 1. The molecule has 8 heteroatoms. The summed E-state index contributed by atoms with van der Waals surface area (Å²) in [6.45, 7) is 8.51. The number of hydrogen-bond donors (Lipinski definition) is 2. The van der Waals surface area contributed by atoms with Crippen molar-refractivity contribution in [3.63, 3.8) is 0 Å². The second kappa shape index (κ2) is 9.85. The van der Waals surface area contributed by atoms with Crippen LogP contribution in [-0.4, -0.2) is 53.4 Å². The number of rotatable bonds is 7. The van der Waals surface area contributed by atoms with Gasteiger partial charge in [-0.1, -0.05) is 0 Å². The highest BCUT2D eigenvalue weighted by Crippen LogP contribution is 2.24. The van der Waals surface area contributed by atoms with E-state index in [-0.39, 0.29) is 23.8 Å². The minimum absolute atomic E-state index is 0.0513. The third-order valence-corrected chi connectivity index (χ3v) is 5.53. The van der Waals surface area contributed by atoms with Gasteiger partial charge in [0.2, 0.25) is 5.91 Å². The molecular formula is C23H31N3O5. The van der Waals surface area contributed by atoms with Crippen LogP contribution in [0.25, 0.3) is 0 Å². The van der Waals surface area contributed by atoms with Crippen molar-refractivity contribution in [1.82, 2.24) is 15.2 Å². The van der Waals surface area contributed by atoms with E-state index in [1.165, 1.54) is 0 Å². The maximum Gasteiger partial charge on any atom is 0.340 e. The van der Waals surface area contributed by atoms with E-state index in [0.29, 0.717) is 48.6 Å². The molecule has 3 heterocycles. The van der Waals surface area contributed by atoms with Crippen LogP contribution in [-0.2, 0) is 16.0 Å². The van der Waals surface area contributed by atoms with Gasteiger partial charge in [0.15, 0.2) is 0 Å². The normalized spacial score (nSPS) is 16.4. The molecule has 8 nitrogen and oxygen atoms in total. The van der Waals surface area contributed by atoms with E-state index in [9.17, 15) is 14.4 Å². The van der Waals surface area contributed by atoms with Crippen LogP contribution in [0.15, 0.2) is 22.8 Å².